The summed E-state index contributed by atoms with van der Waals surface area (Å²) in [6.07, 6.45) is -7.71. The molecule has 0 aromatic heterocycles. The Morgan fingerprint density at radius 3 is 1.92 bits per heavy atom. The molecule has 2 heterocycles. The summed E-state index contributed by atoms with van der Waals surface area (Å²) in [5.41, 5.74) is 8.32. The summed E-state index contributed by atoms with van der Waals surface area (Å²) in [4.78, 5) is 40.2. The van der Waals surface area contributed by atoms with Gasteiger partial charge in [-0.3, -0.25) is 4.79 Å². The molecule has 0 aliphatic carbocycles. The Labute approximate surface area is 356 Å². The lowest BCUT2D eigenvalue weighted by molar-refractivity contribution is -0.365. The maximum absolute atomic E-state index is 12.7. The van der Waals surface area contributed by atoms with Gasteiger partial charge in [-0.2, -0.15) is 0 Å². The van der Waals surface area contributed by atoms with Crippen LogP contribution in [0.2, 0.25) is 0 Å². The van der Waals surface area contributed by atoms with Gasteiger partial charge in [-0.05, 0) is 38.1 Å². The lowest BCUT2D eigenvalue weighted by atomic mass is 9.96. The van der Waals surface area contributed by atoms with Gasteiger partial charge in [-0.1, -0.05) is 24.4 Å². The third kappa shape index (κ3) is 20.0. The smallest absolute Gasteiger partial charge is 0.407 e. The molecule has 2 saturated heterocycles. The van der Waals surface area contributed by atoms with E-state index in [9.17, 15) is 39.9 Å². The molecule has 0 bridgehead atoms. The minimum absolute atomic E-state index is 0.0166. The normalized spacial score (nSPS) is 26.9. The van der Waals surface area contributed by atoms with E-state index in [0.29, 0.717) is 38.6 Å². The number of carbonyl (C=O) groups excluding carboxylic acids is 3. The fourth-order valence-corrected chi connectivity index (χ4v) is 6.76. The highest BCUT2D eigenvalue weighted by Gasteiger charge is 2.52. The first-order valence-corrected chi connectivity index (χ1v) is 20.8. The molecule has 4 unspecified atom stereocenters. The Balaban J connectivity index is 2.01. The number of hydrogen-bond donors (Lipinski definition) is 6. The maximum atomic E-state index is 12.7. The number of azide groups is 1. The van der Waals surface area contributed by atoms with E-state index in [0.717, 1.165) is 19.3 Å². The van der Waals surface area contributed by atoms with E-state index in [1.54, 1.807) is 6.92 Å². The van der Waals surface area contributed by atoms with E-state index >= 15 is 0 Å². The van der Waals surface area contributed by atoms with Crippen LogP contribution in [-0.2, 0) is 61.7 Å². The van der Waals surface area contributed by atoms with E-state index in [1.807, 2.05) is 0 Å². The van der Waals surface area contributed by atoms with Gasteiger partial charge >= 0.3 is 12.1 Å². The van der Waals surface area contributed by atoms with Crippen LogP contribution in [0.15, 0.2) is 5.11 Å². The average molecular weight is 885 g/mol. The minimum Gasteiger partial charge on any atom is -0.464 e. The summed E-state index contributed by atoms with van der Waals surface area (Å²) in [7, 11) is 2.68. The molecule has 11 atom stereocenters. The zero-order valence-electron chi connectivity index (χ0n) is 35.5. The number of carbonyl (C=O) groups is 3. The zero-order valence-corrected chi connectivity index (χ0v) is 35.5. The number of aliphatic hydroxyl groups excluding tert-OH is 5. The number of aliphatic hydroxyl groups is 5. The van der Waals surface area contributed by atoms with Gasteiger partial charge in [0, 0.05) is 38.5 Å². The minimum atomic E-state index is -1.51. The number of nitrogens with zero attached hydrogens (tertiary/aromatic N) is 3. The zero-order chi connectivity index (χ0) is 44.8. The number of hydrogen-bond acceptors (Lipinski definition) is 20. The summed E-state index contributed by atoms with van der Waals surface area (Å²) in [5.74, 6) is -0.481. The Kier molecular flexibility index (Phi) is 29.2. The fraction of sp³-hybridized carbons (Fsp3) is 0.921. The van der Waals surface area contributed by atoms with Gasteiger partial charge in [-0.25, -0.2) is 9.59 Å². The number of ether oxygens (including phenoxy) is 11. The number of ketones is 1. The van der Waals surface area contributed by atoms with Gasteiger partial charge in [-0.15, -0.1) is 0 Å². The van der Waals surface area contributed by atoms with Crippen LogP contribution in [0, 0.1) is 0 Å². The van der Waals surface area contributed by atoms with Crippen LogP contribution in [-0.4, -0.2) is 204 Å². The van der Waals surface area contributed by atoms with Gasteiger partial charge < -0.3 is 83.0 Å². The molecule has 354 valence electrons. The number of nitrogens with one attached hydrogen (secondary N) is 1. The SMILES string of the molecule is CCOC(=O)[C@H](CCCCCC(=O)CCCCCN=[N+]=[N-])NC(=O)OCCOCC1O[C@H](OC)C(O)[C@@H](OCCO)[C@@H]1O[C@H]1OC(COCCO)[C@@H](OC)[C@H](OCCO)C1O. The van der Waals surface area contributed by atoms with Crippen molar-refractivity contribution < 1.29 is 92.0 Å². The van der Waals surface area contributed by atoms with Crippen molar-refractivity contribution in [1.29, 1.82) is 0 Å². The molecule has 2 aliphatic rings. The van der Waals surface area contributed by atoms with Crippen LogP contribution in [0.4, 0.5) is 4.79 Å². The highest BCUT2D eigenvalue weighted by Crippen LogP contribution is 2.33. The first kappa shape index (κ1) is 54.3. The van der Waals surface area contributed by atoms with Gasteiger partial charge in [0.25, 0.3) is 0 Å². The monoisotopic (exact) mass is 884 g/mol. The number of Topliss-reactive ketones (excluding diaryl/α,β-unsaturated/α-hetero) is 1. The molecule has 0 aromatic rings. The van der Waals surface area contributed by atoms with E-state index < -0.39 is 86.1 Å². The van der Waals surface area contributed by atoms with Gasteiger partial charge in [0.15, 0.2) is 12.6 Å². The van der Waals surface area contributed by atoms with Gasteiger partial charge in [0.05, 0.1) is 66.1 Å². The summed E-state index contributed by atoms with van der Waals surface area (Å²) in [6.45, 7) is -0.00930. The van der Waals surface area contributed by atoms with Crippen molar-refractivity contribution in [2.24, 2.45) is 5.11 Å². The van der Waals surface area contributed by atoms with E-state index in [4.69, 9.17) is 57.6 Å². The van der Waals surface area contributed by atoms with Crippen LogP contribution in [0.1, 0.15) is 64.7 Å². The van der Waals surface area contributed by atoms with Crippen LogP contribution in [0.5, 0.6) is 0 Å². The molecule has 61 heavy (non-hydrogen) atoms. The molecule has 23 heteroatoms. The summed E-state index contributed by atoms with van der Waals surface area (Å²) < 4.78 is 62.4. The maximum Gasteiger partial charge on any atom is 0.407 e. The van der Waals surface area contributed by atoms with E-state index in [-0.39, 0.29) is 78.3 Å². The Morgan fingerprint density at radius 1 is 0.721 bits per heavy atom. The molecule has 2 aliphatic heterocycles. The van der Waals surface area contributed by atoms with Crippen molar-refractivity contribution in [2.45, 2.75) is 132 Å². The first-order valence-electron chi connectivity index (χ1n) is 20.8. The highest BCUT2D eigenvalue weighted by atomic mass is 16.8. The highest BCUT2D eigenvalue weighted by molar-refractivity contribution is 5.81. The van der Waals surface area contributed by atoms with Crippen molar-refractivity contribution in [3.63, 3.8) is 0 Å². The van der Waals surface area contributed by atoms with Crippen LogP contribution < -0.4 is 5.32 Å². The van der Waals surface area contributed by atoms with Crippen molar-refractivity contribution in [2.75, 3.05) is 93.4 Å². The molecule has 6 N–H and O–H groups in total. The number of unbranched alkanes of at least 4 members (excludes halogenated alkanes) is 4. The third-order valence-corrected chi connectivity index (χ3v) is 9.68. The summed E-state index contributed by atoms with van der Waals surface area (Å²) in [5, 5.41) is 56.7. The van der Waals surface area contributed by atoms with Crippen LogP contribution in [0.3, 0.4) is 0 Å². The predicted molar refractivity (Wildman–Crippen MR) is 210 cm³/mol. The second kappa shape index (κ2) is 32.8. The van der Waals surface area contributed by atoms with Gasteiger partial charge in [0.2, 0.25) is 0 Å². The molecule has 23 nitrogen and oxygen atoms in total. The molecule has 0 radical (unpaired) electrons. The molecule has 0 aromatic carbocycles. The second-order valence-corrected chi connectivity index (χ2v) is 14.1. The van der Waals surface area contributed by atoms with Crippen molar-refractivity contribution >= 4 is 17.8 Å². The number of alkyl carbamates (subject to hydrolysis) is 1. The number of methoxy groups -OCH3 is 2. The standard InChI is InChI=1S/C38H68N4O19/c1-4-55-35(49)26(13-9-5-7-11-25(46)12-8-6-10-14-40-42-39)41-38(50)58-22-21-54-24-28-32(34(57-20-17-45)29(47)36(52-3)59-28)61-37-30(48)33(56-19-16-44)31(51-2)27(60-37)23-53-18-15-43/h26-34,36-37,43-45,47-48H,4-24H2,1-3H3,(H,41,50)/t26-,27?,28?,29?,30?,31+,32+,33+,34+,36-,37+/m0/s1. The van der Waals surface area contributed by atoms with Crippen LogP contribution >= 0.6 is 0 Å². The Hall–Kier alpha value is -2.84. The quantitative estimate of drug-likeness (QED) is 0.0163. The lowest BCUT2D eigenvalue weighted by Crippen LogP contribution is -2.66. The molecule has 0 spiro atoms. The number of rotatable bonds is 34. The number of amides is 1. The van der Waals surface area contributed by atoms with Gasteiger partial charge in [0.1, 0.15) is 67.3 Å². The third-order valence-electron chi connectivity index (χ3n) is 9.68. The lowest BCUT2D eigenvalue weighted by Gasteiger charge is -2.48. The predicted octanol–water partition coefficient (Wildman–Crippen LogP) is 0.0333. The summed E-state index contributed by atoms with van der Waals surface area (Å²) >= 11 is 0. The van der Waals surface area contributed by atoms with Crippen molar-refractivity contribution in [3.8, 4) is 0 Å². The topological polar surface area (TPSA) is 315 Å². The van der Waals surface area contributed by atoms with Crippen LogP contribution in [0.25, 0.3) is 10.4 Å². The Bertz CT molecular complexity index is 1250. The molecule has 2 rings (SSSR count). The molecular formula is C38H68N4O19. The largest absolute Gasteiger partial charge is 0.464 e. The molecular weight excluding hydrogens is 816 g/mol. The Morgan fingerprint density at radius 2 is 1.31 bits per heavy atom. The van der Waals surface area contributed by atoms with Crippen molar-refractivity contribution in [1.82, 2.24) is 5.32 Å². The molecule has 1 amide bonds. The fourth-order valence-electron chi connectivity index (χ4n) is 6.76. The van der Waals surface area contributed by atoms with Crippen molar-refractivity contribution in [3.05, 3.63) is 10.4 Å². The average Bonchev–Trinajstić information content (AvgIpc) is 3.25. The first-order chi connectivity index (χ1) is 29.6. The van der Waals surface area contributed by atoms with E-state index in [1.165, 1.54) is 14.2 Å². The molecule has 0 saturated carbocycles. The molecule has 2 fully saturated rings. The second-order valence-electron chi connectivity index (χ2n) is 14.1. The summed E-state index contributed by atoms with van der Waals surface area (Å²) in [6, 6.07) is -0.979. The van der Waals surface area contributed by atoms with E-state index in [2.05, 4.69) is 15.3 Å². The number of esters is 1.